The lowest BCUT2D eigenvalue weighted by Crippen LogP contribution is -2.05. The molecule has 1 heterocycles. The second-order valence-corrected chi connectivity index (χ2v) is 3.18. The van der Waals surface area contributed by atoms with Crippen molar-refractivity contribution in [2.24, 2.45) is 0 Å². The van der Waals surface area contributed by atoms with Gasteiger partial charge in [0.2, 0.25) is 0 Å². The van der Waals surface area contributed by atoms with Gasteiger partial charge in [0.1, 0.15) is 17.1 Å². The van der Waals surface area contributed by atoms with Gasteiger partial charge in [-0.15, -0.1) is 0 Å². The number of benzene rings is 1. The molecule has 82 valence electrons. The van der Waals surface area contributed by atoms with E-state index in [0.29, 0.717) is 5.69 Å². The standard InChI is InChI=1S/C10H9N3O3/c11-9-8(10(15)16)5-12-13(9)6-1-3-7(14)4-2-6/h1-5,14H,11H2,(H,15,16). The number of nitrogen functional groups attached to an aromatic ring is 1. The molecule has 0 aliphatic heterocycles. The Bertz CT molecular complexity index is 531. The molecule has 1 aromatic carbocycles. The minimum absolute atomic E-state index is 0.0481. The lowest BCUT2D eigenvalue weighted by molar-refractivity contribution is 0.0698. The van der Waals surface area contributed by atoms with E-state index in [0.717, 1.165) is 0 Å². The average molecular weight is 219 g/mol. The maximum atomic E-state index is 10.7. The topological polar surface area (TPSA) is 101 Å². The van der Waals surface area contributed by atoms with Crippen molar-refractivity contribution in [1.82, 2.24) is 9.78 Å². The molecule has 0 saturated carbocycles. The van der Waals surface area contributed by atoms with Crippen LogP contribution in [0.3, 0.4) is 0 Å². The first-order chi connectivity index (χ1) is 7.59. The van der Waals surface area contributed by atoms with E-state index in [2.05, 4.69) is 5.10 Å². The SMILES string of the molecule is Nc1c(C(=O)O)cnn1-c1ccc(O)cc1. The second-order valence-electron chi connectivity index (χ2n) is 3.18. The molecule has 0 spiro atoms. The van der Waals surface area contributed by atoms with Crippen molar-refractivity contribution in [3.05, 3.63) is 36.0 Å². The van der Waals surface area contributed by atoms with E-state index in [1.165, 1.54) is 23.0 Å². The molecule has 0 unspecified atom stereocenters. The summed E-state index contributed by atoms with van der Waals surface area (Å²) < 4.78 is 1.29. The lowest BCUT2D eigenvalue weighted by atomic mass is 10.3. The van der Waals surface area contributed by atoms with Crippen LogP contribution in [-0.2, 0) is 0 Å². The number of nitrogens with zero attached hydrogens (tertiary/aromatic N) is 2. The Morgan fingerprint density at radius 2 is 1.94 bits per heavy atom. The fourth-order valence-electron chi connectivity index (χ4n) is 1.32. The van der Waals surface area contributed by atoms with Gasteiger partial charge in [0.05, 0.1) is 11.9 Å². The monoisotopic (exact) mass is 219 g/mol. The summed E-state index contributed by atoms with van der Waals surface area (Å²) in [6.07, 6.45) is 1.19. The van der Waals surface area contributed by atoms with E-state index in [9.17, 15) is 4.79 Å². The molecule has 6 nitrogen and oxygen atoms in total. The fraction of sp³-hybridized carbons (Fsp3) is 0. The molecule has 0 atom stereocenters. The quantitative estimate of drug-likeness (QED) is 0.695. The molecule has 4 N–H and O–H groups in total. The first-order valence-corrected chi connectivity index (χ1v) is 4.46. The molecule has 0 saturated heterocycles. The van der Waals surface area contributed by atoms with E-state index in [1.54, 1.807) is 12.1 Å². The largest absolute Gasteiger partial charge is 0.508 e. The Kier molecular flexibility index (Phi) is 2.24. The number of hydrogen-bond donors (Lipinski definition) is 3. The first kappa shape index (κ1) is 10.0. The van der Waals surface area contributed by atoms with Gasteiger partial charge in [-0.3, -0.25) is 0 Å². The van der Waals surface area contributed by atoms with Crippen LogP contribution in [0.5, 0.6) is 5.75 Å². The van der Waals surface area contributed by atoms with Gasteiger partial charge < -0.3 is 15.9 Å². The number of phenols is 1. The van der Waals surface area contributed by atoms with Crippen molar-refractivity contribution < 1.29 is 15.0 Å². The van der Waals surface area contributed by atoms with Crippen molar-refractivity contribution in [1.29, 1.82) is 0 Å². The number of carbonyl (C=O) groups is 1. The van der Waals surface area contributed by atoms with E-state index >= 15 is 0 Å². The highest BCUT2D eigenvalue weighted by molar-refractivity contribution is 5.92. The Hall–Kier alpha value is -2.50. The normalized spacial score (nSPS) is 10.2. The van der Waals surface area contributed by atoms with Crippen LogP contribution < -0.4 is 5.73 Å². The van der Waals surface area contributed by atoms with Crippen LogP contribution in [0.25, 0.3) is 5.69 Å². The number of aromatic hydroxyl groups is 1. The van der Waals surface area contributed by atoms with E-state index < -0.39 is 5.97 Å². The average Bonchev–Trinajstić information content (AvgIpc) is 2.61. The molecule has 0 fully saturated rings. The zero-order valence-corrected chi connectivity index (χ0v) is 8.16. The van der Waals surface area contributed by atoms with Crippen LogP contribution in [0.4, 0.5) is 5.82 Å². The zero-order chi connectivity index (χ0) is 11.7. The van der Waals surface area contributed by atoms with E-state index in [1.807, 2.05) is 0 Å². The van der Waals surface area contributed by atoms with Gasteiger partial charge in [0.15, 0.2) is 0 Å². The molecule has 1 aromatic heterocycles. The number of nitrogens with two attached hydrogens (primary N) is 1. The number of rotatable bonds is 2. The van der Waals surface area contributed by atoms with Gasteiger partial charge in [-0.1, -0.05) is 0 Å². The summed E-state index contributed by atoms with van der Waals surface area (Å²) in [5.74, 6) is -0.950. The molecule has 16 heavy (non-hydrogen) atoms. The Morgan fingerprint density at radius 1 is 1.31 bits per heavy atom. The third kappa shape index (κ3) is 1.56. The van der Waals surface area contributed by atoms with Crippen molar-refractivity contribution in [2.75, 3.05) is 5.73 Å². The minimum Gasteiger partial charge on any atom is -0.508 e. The van der Waals surface area contributed by atoms with Gasteiger partial charge in [0, 0.05) is 0 Å². The van der Waals surface area contributed by atoms with Gasteiger partial charge in [-0.2, -0.15) is 5.10 Å². The predicted octanol–water partition coefficient (Wildman–Crippen LogP) is 0.858. The van der Waals surface area contributed by atoms with Crippen molar-refractivity contribution in [3.63, 3.8) is 0 Å². The number of aromatic carboxylic acids is 1. The Morgan fingerprint density at radius 3 is 2.44 bits per heavy atom. The van der Waals surface area contributed by atoms with E-state index in [-0.39, 0.29) is 17.1 Å². The molecule has 0 amide bonds. The van der Waals surface area contributed by atoms with Crippen molar-refractivity contribution in [3.8, 4) is 11.4 Å². The highest BCUT2D eigenvalue weighted by atomic mass is 16.4. The van der Waals surface area contributed by atoms with Crippen molar-refractivity contribution in [2.45, 2.75) is 0 Å². The van der Waals surface area contributed by atoms with Gasteiger partial charge in [0.25, 0.3) is 0 Å². The molecular formula is C10H9N3O3. The molecule has 2 rings (SSSR count). The summed E-state index contributed by atoms with van der Waals surface area (Å²) >= 11 is 0. The number of phenolic OH excluding ortho intramolecular Hbond substituents is 1. The number of hydrogen-bond acceptors (Lipinski definition) is 4. The molecule has 0 radical (unpaired) electrons. The van der Waals surface area contributed by atoms with Crippen LogP contribution in [0, 0.1) is 0 Å². The minimum atomic E-state index is -1.12. The summed E-state index contributed by atoms with van der Waals surface area (Å²) in [6.45, 7) is 0. The third-order valence-corrected chi connectivity index (χ3v) is 2.13. The summed E-state index contributed by atoms with van der Waals surface area (Å²) in [4.78, 5) is 10.7. The molecule has 0 bridgehead atoms. The lowest BCUT2D eigenvalue weighted by Gasteiger charge is -2.03. The maximum Gasteiger partial charge on any atom is 0.341 e. The number of anilines is 1. The van der Waals surface area contributed by atoms with Gasteiger partial charge in [-0.05, 0) is 24.3 Å². The number of carboxylic acid groups (broad SMARTS) is 1. The summed E-state index contributed by atoms with van der Waals surface area (Å²) in [5, 5.41) is 21.8. The fourth-order valence-corrected chi connectivity index (χ4v) is 1.32. The Balaban J connectivity index is 2.49. The smallest absolute Gasteiger partial charge is 0.341 e. The van der Waals surface area contributed by atoms with Crippen LogP contribution in [0.1, 0.15) is 10.4 Å². The van der Waals surface area contributed by atoms with Gasteiger partial charge in [-0.25, -0.2) is 9.48 Å². The Labute approximate surface area is 90.6 Å². The highest BCUT2D eigenvalue weighted by Gasteiger charge is 2.14. The first-order valence-electron chi connectivity index (χ1n) is 4.46. The molecule has 2 aromatic rings. The summed E-state index contributed by atoms with van der Waals surface area (Å²) in [5.41, 5.74) is 6.17. The maximum absolute atomic E-state index is 10.7. The van der Waals surface area contributed by atoms with Crippen molar-refractivity contribution >= 4 is 11.8 Å². The van der Waals surface area contributed by atoms with Crippen LogP contribution in [0.2, 0.25) is 0 Å². The number of carboxylic acids is 1. The van der Waals surface area contributed by atoms with Crippen LogP contribution in [0.15, 0.2) is 30.5 Å². The number of aromatic nitrogens is 2. The second kappa shape index (κ2) is 3.58. The molecule has 0 aliphatic carbocycles. The molecular weight excluding hydrogens is 210 g/mol. The third-order valence-electron chi connectivity index (χ3n) is 2.13. The highest BCUT2D eigenvalue weighted by Crippen LogP contribution is 2.18. The van der Waals surface area contributed by atoms with Crippen LogP contribution >= 0.6 is 0 Å². The van der Waals surface area contributed by atoms with E-state index in [4.69, 9.17) is 15.9 Å². The zero-order valence-electron chi connectivity index (χ0n) is 8.16. The van der Waals surface area contributed by atoms with Gasteiger partial charge >= 0.3 is 5.97 Å². The van der Waals surface area contributed by atoms with Crippen LogP contribution in [-0.4, -0.2) is 26.0 Å². The summed E-state index contributed by atoms with van der Waals surface area (Å²) in [6, 6.07) is 6.11. The molecule has 0 aliphatic rings. The predicted molar refractivity (Wildman–Crippen MR) is 56.6 cm³/mol. The summed E-state index contributed by atoms with van der Waals surface area (Å²) in [7, 11) is 0. The molecule has 6 heteroatoms.